The Morgan fingerprint density at radius 2 is 1.89 bits per heavy atom. The Labute approximate surface area is 170 Å². The van der Waals surface area contributed by atoms with E-state index in [0.717, 1.165) is 18.5 Å². The van der Waals surface area contributed by atoms with Crippen molar-refractivity contribution in [2.75, 3.05) is 6.54 Å². The lowest BCUT2D eigenvalue weighted by Crippen LogP contribution is -2.27. The van der Waals surface area contributed by atoms with E-state index in [0.29, 0.717) is 33.7 Å². The third-order valence-electron chi connectivity index (χ3n) is 4.98. The van der Waals surface area contributed by atoms with Gasteiger partial charge in [-0.15, -0.1) is 0 Å². The van der Waals surface area contributed by atoms with Crippen molar-refractivity contribution in [3.63, 3.8) is 0 Å². The van der Waals surface area contributed by atoms with E-state index < -0.39 is 10.0 Å². The van der Waals surface area contributed by atoms with E-state index in [1.54, 1.807) is 26.4 Å². The van der Waals surface area contributed by atoms with Gasteiger partial charge in [0.05, 0.1) is 15.9 Å². The van der Waals surface area contributed by atoms with Crippen molar-refractivity contribution in [2.45, 2.75) is 30.1 Å². The van der Waals surface area contributed by atoms with Gasteiger partial charge in [-0.25, -0.2) is 27.9 Å². The second kappa shape index (κ2) is 7.09. The predicted octanol–water partition coefficient (Wildman–Crippen LogP) is 1.83. The Bertz CT molecular complexity index is 1230. The molecule has 0 radical (unpaired) electrons. The van der Waals surface area contributed by atoms with E-state index in [2.05, 4.69) is 30.6 Å². The lowest BCUT2D eigenvalue weighted by Gasteiger charge is -2.09. The summed E-state index contributed by atoms with van der Waals surface area (Å²) in [5, 5.41) is 0. The molecule has 0 saturated heterocycles. The highest BCUT2D eigenvalue weighted by atomic mass is 79.9. The minimum atomic E-state index is -3.76. The number of halogens is 1. The fourth-order valence-corrected chi connectivity index (χ4v) is 5.30. The topological polar surface area (TPSA) is 98.9 Å². The van der Waals surface area contributed by atoms with Crippen LogP contribution < -0.4 is 10.4 Å². The highest BCUT2D eigenvalue weighted by Crippen LogP contribution is 2.38. The van der Waals surface area contributed by atoms with E-state index in [-0.39, 0.29) is 17.1 Å². The summed E-state index contributed by atoms with van der Waals surface area (Å²) in [5.74, 6) is 1.16. The number of aryl methyl sites for hydroxylation is 2. The van der Waals surface area contributed by atoms with Crippen LogP contribution in [0.4, 0.5) is 0 Å². The zero-order chi connectivity index (χ0) is 20.1. The van der Waals surface area contributed by atoms with Gasteiger partial charge in [0, 0.05) is 49.3 Å². The van der Waals surface area contributed by atoms with Crippen LogP contribution in [-0.4, -0.2) is 34.1 Å². The molecule has 1 aliphatic rings. The first kappa shape index (κ1) is 19.3. The average molecular weight is 466 g/mol. The van der Waals surface area contributed by atoms with Crippen LogP contribution in [0.5, 0.6) is 0 Å². The molecule has 1 N–H and O–H groups in total. The number of nitrogens with zero attached hydrogens (tertiary/aromatic N) is 4. The number of fused-ring (bicyclic) bond motifs is 1. The molecule has 8 nitrogen and oxygen atoms in total. The summed E-state index contributed by atoms with van der Waals surface area (Å²) in [4.78, 5) is 20.9. The van der Waals surface area contributed by atoms with Crippen molar-refractivity contribution >= 4 is 37.0 Å². The van der Waals surface area contributed by atoms with E-state index in [1.807, 2.05) is 6.07 Å². The van der Waals surface area contributed by atoms with Gasteiger partial charge in [0.15, 0.2) is 0 Å². The molecule has 0 aliphatic heterocycles. The number of benzene rings is 1. The van der Waals surface area contributed by atoms with Crippen LogP contribution in [-0.2, 0) is 30.5 Å². The summed E-state index contributed by atoms with van der Waals surface area (Å²) in [6, 6.07) is 5.07. The zero-order valence-electron chi connectivity index (χ0n) is 15.5. The lowest BCUT2D eigenvalue weighted by molar-refractivity contribution is 0.580. The summed E-state index contributed by atoms with van der Waals surface area (Å²) in [7, 11) is -0.494. The molecular formula is C18H20BrN5O3S. The molecular weight excluding hydrogens is 446 g/mol. The largest absolute Gasteiger partial charge is 0.328 e. The van der Waals surface area contributed by atoms with Crippen LogP contribution in [0.15, 0.2) is 38.6 Å². The van der Waals surface area contributed by atoms with E-state index in [4.69, 9.17) is 0 Å². The zero-order valence-corrected chi connectivity index (χ0v) is 17.9. The summed E-state index contributed by atoms with van der Waals surface area (Å²) >= 11 is 3.32. The third-order valence-corrected chi connectivity index (χ3v) is 7.40. The van der Waals surface area contributed by atoms with Crippen molar-refractivity contribution in [3.05, 3.63) is 50.9 Å². The van der Waals surface area contributed by atoms with Gasteiger partial charge in [-0.3, -0.25) is 9.13 Å². The molecule has 0 bridgehead atoms. The van der Waals surface area contributed by atoms with Crippen LogP contribution in [0.1, 0.15) is 30.3 Å². The number of nitrogens with one attached hydrogen (secondary N) is 1. The molecule has 0 spiro atoms. The summed E-state index contributed by atoms with van der Waals surface area (Å²) in [6.07, 6.45) is 4.44. The number of imidazole rings is 1. The molecule has 1 aromatic carbocycles. The van der Waals surface area contributed by atoms with Crippen LogP contribution in [0.2, 0.25) is 0 Å². The standard InChI is InChI=1S/C18H20BrN5O3S/c1-23-14-9-12(19)16(10-15(14)24(2)18(23)25)28(26,27)21-8-6-17-20-7-5-13(22-17)11-3-4-11/h5,7,9-11,21H,3-4,6,8H2,1-2H3. The molecule has 0 unspecified atom stereocenters. The highest BCUT2D eigenvalue weighted by molar-refractivity contribution is 9.10. The van der Waals surface area contributed by atoms with Crippen molar-refractivity contribution in [1.29, 1.82) is 0 Å². The molecule has 10 heteroatoms. The first-order valence-corrected chi connectivity index (χ1v) is 11.2. The van der Waals surface area contributed by atoms with Gasteiger partial charge in [-0.1, -0.05) is 0 Å². The molecule has 148 valence electrons. The third kappa shape index (κ3) is 3.51. The minimum absolute atomic E-state index is 0.0915. The number of hydrogen-bond acceptors (Lipinski definition) is 5. The SMILES string of the molecule is Cn1c(=O)n(C)c2cc(S(=O)(=O)NCCc3nccc(C4CC4)n3)c(Br)cc21. The Hall–Kier alpha value is -2.04. The summed E-state index contributed by atoms with van der Waals surface area (Å²) in [5.41, 5.74) is 2.03. The van der Waals surface area contributed by atoms with Gasteiger partial charge >= 0.3 is 5.69 Å². The Morgan fingerprint density at radius 1 is 1.21 bits per heavy atom. The van der Waals surface area contributed by atoms with Gasteiger partial charge in [0.2, 0.25) is 10.0 Å². The lowest BCUT2D eigenvalue weighted by atomic mass is 10.3. The second-order valence-electron chi connectivity index (χ2n) is 6.99. The van der Waals surface area contributed by atoms with Gasteiger partial charge in [-0.2, -0.15) is 0 Å². The van der Waals surface area contributed by atoms with E-state index in [1.165, 1.54) is 15.2 Å². The Kier molecular flexibility index (Phi) is 4.88. The maximum atomic E-state index is 12.8. The molecule has 1 aliphatic carbocycles. The molecule has 0 atom stereocenters. The summed E-state index contributed by atoms with van der Waals surface area (Å²) < 4.78 is 31.5. The molecule has 0 amide bonds. The first-order valence-electron chi connectivity index (χ1n) is 8.94. The average Bonchev–Trinajstić information content (AvgIpc) is 3.48. The fourth-order valence-electron chi connectivity index (χ4n) is 3.22. The monoisotopic (exact) mass is 465 g/mol. The molecule has 1 fully saturated rings. The molecule has 28 heavy (non-hydrogen) atoms. The molecule has 3 aromatic rings. The van der Waals surface area contributed by atoms with Crippen LogP contribution in [0, 0.1) is 0 Å². The van der Waals surface area contributed by atoms with Crippen LogP contribution in [0.3, 0.4) is 0 Å². The number of hydrogen-bond donors (Lipinski definition) is 1. The predicted molar refractivity (Wildman–Crippen MR) is 109 cm³/mol. The number of aromatic nitrogens is 4. The smallest absolute Gasteiger partial charge is 0.295 e. The quantitative estimate of drug-likeness (QED) is 0.598. The van der Waals surface area contributed by atoms with Gasteiger partial charge in [0.1, 0.15) is 5.82 Å². The highest BCUT2D eigenvalue weighted by Gasteiger charge is 2.25. The van der Waals surface area contributed by atoms with Crippen molar-refractivity contribution < 1.29 is 8.42 Å². The normalized spacial score (nSPS) is 14.7. The molecule has 2 aromatic heterocycles. The van der Waals surface area contributed by atoms with Crippen molar-refractivity contribution in [1.82, 2.24) is 23.8 Å². The number of rotatable bonds is 6. The van der Waals surface area contributed by atoms with Crippen LogP contribution >= 0.6 is 15.9 Å². The number of sulfonamides is 1. The van der Waals surface area contributed by atoms with Crippen molar-refractivity contribution in [3.8, 4) is 0 Å². The van der Waals surface area contributed by atoms with Gasteiger partial charge in [-0.05, 0) is 47.0 Å². The molecule has 4 rings (SSSR count). The minimum Gasteiger partial charge on any atom is -0.295 e. The first-order chi connectivity index (χ1) is 13.3. The Balaban J connectivity index is 1.55. The maximum absolute atomic E-state index is 12.8. The van der Waals surface area contributed by atoms with Gasteiger partial charge in [0.25, 0.3) is 0 Å². The van der Waals surface area contributed by atoms with Gasteiger partial charge < -0.3 is 0 Å². The Morgan fingerprint density at radius 3 is 2.57 bits per heavy atom. The molecule has 2 heterocycles. The fraction of sp³-hybridized carbons (Fsp3) is 0.389. The van der Waals surface area contributed by atoms with E-state index >= 15 is 0 Å². The molecule has 1 saturated carbocycles. The van der Waals surface area contributed by atoms with Crippen LogP contribution in [0.25, 0.3) is 11.0 Å². The van der Waals surface area contributed by atoms with Crippen molar-refractivity contribution in [2.24, 2.45) is 14.1 Å². The second-order valence-corrected chi connectivity index (χ2v) is 9.58. The van der Waals surface area contributed by atoms with E-state index in [9.17, 15) is 13.2 Å². The summed E-state index contributed by atoms with van der Waals surface area (Å²) in [6.45, 7) is 0.189. The maximum Gasteiger partial charge on any atom is 0.328 e.